The zero-order chi connectivity index (χ0) is 14.7. The number of amides is 1. The van der Waals surface area contributed by atoms with Crippen molar-refractivity contribution in [3.63, 3.8) is 0 Å². The van der Waals surface area contributed by atoms with Gasteiger partial charge in [0, 0.05) is 12.4 Å². The van der Waals surface area contributed by atoms with Crippen LogP contribution in [-0.4, -0.2) is 39.5 Å². The molecule has 0 fully saturated rings. The van der Waals surface area contributed by atoms with E-state index in [9.17, 15) is 9.59 Å². The van der Waals surface area contributed by atoms with Crippen molar-refractivity contribution in [1.82, 2.24) is 9.97 Å². The number of unbranched alkanes of at least 4 members (excludes halogenated alkanes) is 1. The van der Waals surface area contributed by atoms with E-state index >= 15 is 0 Å². The van der Waals surface area contributed by atoms with Gasteiger partial charge in [-0.05, 0) is 19.4 Å². The number of hydrogen-bond donors (Lipinski definition) is 4. The molecule has 1 atom stereocenters. The standard InChI is InChI=1S/C6H14N2O2.C5H5N3O/c7-4-2-1-3-5(8)6(9)10;6-5(9)4-3-7-1-2-8-4/h5H,1-4,7-8H2,(H,9,10);1-3H,(H2,6,9)/t5-;/m0./s1. The fourth-order valence-electron chi connectivity index (χ4n) is 1.06. The van der Waals surface area contributed by atoms with Gasteiger partial charge in [0.15, 0.2) is 0 Å². The molecule has 1 heterocycles. The maximum absolute atomic E-state index is 10.3. The number of carboxylic acid groups (broad SMARTS) is 1. The maximum atomic E-state index is 10.3. The van der Waals surface area contributed by atoms with Crippen LogP contribution in [0.15, 0.2) is 18.6 Å². The molecule has 7 N–H and O–H groups in total. The third kappa shape index (κ3) is 8.63. The van der Waals surface area contributed by atoms with Crippen molar-refractivity contribution in [2.24, 2.45) is 17.2 Å². The molecule has 8 heteroatoms. The van der Waals surface area contributed by atoms with Crippen molar-refractivity contribution in [3.05, 3.63) is 24.3 Å². The predicted molar refractivity (Wildman–Crippen MR) is 69.1 cm³/mol. The van der Waals surface area contributed by atoms with Gasteiger partial charge in [0.1, 0.15) is 11.7 Å². The summed E-state index contributed by atoms with van der Waals surface area (Å²) in [5.41, 5.74) is 15.5. The molecule has 0 unspecified atom stereocenters. The van der Waals surface area contributed by atoms with E-state index in [0.29, 0.717) is 13.0 Å². The molecule has 0 aliphatic rings. The minimum Gasteiger partial charge on any atom is -0.480 e. The quantitative estimate of drug-likeness (QED) is 0.487. The van der Waals surface area contributed by atoms with Crippen LogP contribution < -0.4 is 17.2 Å². The molecule has 0 spiro atoms. The summed E-state index contributed by atoms with van der Waals surface area (Å²) in [6.45, 7) is 0.604. The van der Waals surface area contributed by atoms with Crippen LogP contribution in [0.4, 0.5) is 0 Å². The fourth-order valence-corrected chi connectivity index (χ4v) is 1.06. The molecule has 106 valence electrons. The van der Waals surface area contributed by atoms with Crippen molar-refractivity contribution in [1.29, 1.82) is 0 Å². The summed E-state index contributed by atoms with van der Waals surface area (Å²) in [6.07, 6.45) is 6.38. The van der Waals surface area contributed by atoms with Crippen molar-refractivity contribution < 1.29 is 14.7 Å². The van der Waals surface area contributed by atoms with Gasteiger partial charge in [-0.2, -0.15) is 0 Å². The Kier molecular flexibility index (Phi) is 8.84. The highest BCUT2D eigenvalue weighted by molar-refractivity contribution is 5.90. The molecule has 19 heavy (non-hydrogen) atoms. The molecular formula is C11H19N5O3. The summed E-state index contributed by atoms with van der Waals surface area (Å²) < 4.78 is 0. The third-order valence-electron chi connectivity index (χ3n) is 2.10. The summed E-state index contributed by atoms with van der Waals surface area (Å²) >= 11 is 0. The number of carbonyl (C=O) groups excluding carboxylic acids is 1. The van der Waals surface area contributed by atoms with E-state index in [1.54, 1.807) is 0 Å². The lowest BCUT2D eigenvalue weighted by molar-refractivity contribution is -0.138. The van der Waals surface area contributed by atoms with Crippen LogP contribution in [0, 0.1) is 0 Å². The molecule has 0 aromatic carbocycles. The van der Waals surface area contributed by atoms with Gasteiger partial charge in [-0.15, -0.1) is 0 Å². The van der Waals surface area contributed by atoms with Crippen LogP contribution in [0.5, 0.6) is 0 Å². The van der Waals surface area contributed by atoms with Crippen molar-refractivity contribution in [3.8, 4) is 0 Å². The van der Waals surface area contributed by atoms with E-state index in [1.165, 1.54) is 18.6 Å². The molecular weight excluding hydrogens is 250 g/mol. The molecule has 0 bridgehead atoms. The number of aliphatic carboxylic acids is 1. The van der Waals surface area contributed by atoms with Gasteiger partial charge in [0.2, 0.25) is 0 Å². The summed E-state index contributed by atoms with van der Waals surface area (Å²) in [5, 5.41) is 8.33. The van der Waals surface area contributed by atoms with E-state index < -0.39 is 17.9 Å². The number of hydrogen-bond acceptors (Lipinski definition) is 6. The molecule has 0 saturated carbocycles. The smallest absolute Gasteiger partial charge is 0.320 e. The van der Waals surface area contributed by atoms with Crippen molar-refractivity contribution in [2.45, 2.75) is 25.3 Å². The number of aromatic nitrogens is 2. The second-order valence-electron chi connectivity index (χ2n) is 3.68. The first kappa shape index (κ1) is 16.9. The molecule has 0 aliphatic heterocycles. The molecule has 0 aliphatic carbocycles. The average molecular weight is 269 g/mol. The first-order chi connectivity index (χ1) is 8.99. The van der Waals surface area contributed by atoms with Gasteiger partial charge in [-0.25, -0.2) is 4.98 Å². The summed E-state index contributed by atoms with van der Waals surface area (Å²) in [7, 11) is 0. The van der Waals surface area contributed by atoms with Crippen LogP contribution in [0.3, 0.4) is 0 Å². The van der Waals surface area contributed by atoms with Crippen LogP contribution in [0.25, 0.3) is 0 Å². The SMILES string of the molecule is NC(=O)c1cnccn1.NCCCC[C@H](N)C(=O)O. The van der Waals surface area contributed by atoms with Crippen LogP contribution in [0.1, 0.15) is 29.8 Å². The summed E-state index contributed by atoms with van der Waals surface area (Å²) in [4.78, 5) is 27.7. The zero-order valence-electron chi connectivity index (χ0n) is 10.5. The van der Waals surface area contributed by atoms with Gasteiger partial charge in [-0.3, -0.25) is 14.6 Å². The number of rotatable bonds is 6. The molecule has 1 rings (SSSR count). The van der Waals surface area contributed by atoms with Gasteiger partial charge >= 0.3 is 5.97 Å². The third-order valence-corrected chi connectivity index (χ3v) is 2.10. The number of nitrogens with zero attached hydrogens (tertiary/aromatic N) is 2. The first-order valence-corrected chi connectivity index (χ1v) is 5.73. The normalized spacial score (nSPS) is 11.1. The first-order valence-electron chi connectivity index (χ1n) is 5.73. The Morgan fingerprint density at radius 3 is 2.37 bits per heavy atom. The molecule has 1 amide bonds. The van der Waals surface area contributed by atoms with Crippen LogP contribution >= 0.6 is 0 Å². The topological polar surface area (TPSA) is 158 Å². The Morgan fingerprint density at radius 1 is 1.32 bits per heavy atom. The molecule has 0 radical (unpaired) electrons. The van der Waals surface area contributed by atoms with Gasteiger partial charge < -0.3 is 22.3 Å². The summed E-state index contributed by atoms with van der Waals surface area (Å²) in [6, 6.07) is -0.716. The number of carbonyl (C=O) groups is 2. The van der Waals surface area contributed by atoms with Crippen molar-refractivity contribution >= 4 is 11.9 Å². The molecule has 8 nitrogen and oxygen atoms in total. The highest BCUT2D eigenvalue weighted by Gasteiger charge is 2.09. The van der Waals surface area contributed by atoms with E-state index in [2.05, 4.69) is 9.97 Å². The lowest BCUT2D eigenvalue weighted by Gasteiger charge is -2.03. The number of nitrogens with two attached hydrogens (primary N) is 3. The fraction of sp³-hybridized carbons (Fsp3) is 0.455. The number of primary amides is 1. The van der Waals surface area contributed by atoms with E-state index in [1.807, 2.05) is 0 Å². The maximum Gasteiger partial charge on any atom is 0.320 e. The Balaban J connectivity index is 0.000000342. The second kappa shape index (κ2) is 9.92. The molecule has 1 aromatic rings. The van der Waals surface area contributed by atoms with E-state index in [-0.39, 0.29) is 5.69 Å². The van der Waals surface area contributed by atoms with E-state index in [4.69, 9.17) is 22.3 Å². The highest BCUT2D eigenvalue weighted by atomic mass is 16.4. The van der Waals surface area contributed by atoms with Crippen molar-refractivity contribution in [2.75, 3.05) is 6.54 Å². The Bertz CT molecular complexity index is 385. The average Bonchev–Trinajstić information content (AvgIpc) is 2.40. The van der Waals surface area contributed by atoms with Gasteiger partial charge in [0.05, 0.1) is 6.20 Å². The lowest BCUT2D eigenvalue weighted by atomic mass is 10.1. The van der Waals surface area contributed by atoms with Crippen LogP contribution in [0.2, 0.25) is 0 Å². The Morgan fingerprint density at radius 2 is 2.00 bits per heavy atom. The Labute approximate surface area is 111 Å². The molecule has 1 aromatic heterocycles. The predicted octanol–water partition coefficient (Wildman–Crippen LogP) is -0.897. The zero-order valence-corrected chi connectivity index (χ0v) is 10.5. The lowest BCUT2D eigenvalue weighted by Crippen LogP contribution is -2.29. The minimum atomic E-state index is -0.933. The van der Waals surface area contributed by atoms with Gasteiger partial charge in [-0.1, -0.05) is 6.42 Å². The number of carboxylic acids is 1. The summed E-state index contributed by atoms with van der Waals surface area (Å²) in [5.74, 6) is -1.49. The largest absolute Gasteiger partial charge is 0.480 e. The van der Waals surface area contributed by atoms with Gasteiger partial charge in [0.25, 0.3) is 5.91 Å². The van der Waals surface area contributed by atoms with E-state index in [0.717, 1.165) is 12.8 Å². The Hall–Kier alpha value is -2.06. The highest BCUT2D eigenvalue weighted by Crippen LogP contribution is 1.96. The monoisotopic (exact) mass is 269 g/mol. The minimum absolute atomic E-state index is 0.192. The molecule has 0 saturated heterocycles. The second-order valence-corrected chi connectivity index (χ2v) is 3.68. The van der Waals surface area contributed by atoms with Crippen LogP contribution in [-0.2, 0) is 4.79 Å².